The topological polar surface area (TPSA) is 113 Å². The highest BCUT2D eigenvalue weighted by Crippen LogP contribution is 2.33. The Morgan fingerprint density at radius 2 is 1.66 bits per heavy atom. The number of carbonyl (C=O) groups is 2. The summed E-state index contributed by atoms with van der Waals surface area (Å²) in [5, 5.41) is 9.47. The fourth-order valence-corrected chi connectivity index (χ4v) is 4.21. The van der Waals surface area contributed by atoms with Gasteiger partial charge in [-0.2, -0.15) is 0 Å². The van der Waals surface area contributed by atoms with E-state index >= 15 is 0 Å². The van der Waals surface area contributed by atoms with Gasteiger partial charge in [0.2, 0.25) is 5.89 Å². The summed E-state index contributed by atoms with van der Waals surface area (Å²) in [6, 6.07) is 19.2. The van der Waals surface area contributed by atoms with Crippen LogP contribution in [0.5, 0.6) is 5.75 Å². The standard InChI is InChI=1S/C18H17NO2.C9H9N3O2/c1-4-19-16-8-6-5-7-14(16)15-10-9-13(11(2)20)17(12(3)21)18(15)19;1-13-7-4-2-6(3-5-7)8-11-12-9(10)14-8/h5-10H,4H2,1-3H3;2-5H,1H3,(H2,10,12). The number of para-hydroxylation sites is 1. The molecule has 0 fully saturated rings. The lowest BCUT2D eigenvalue weighted by atomic mass is 9.97. The van der Waals surface area contributed by atoms with Gasteiger partial charge in [0.15, 0.2) is 11.6 Å². The molecule has 0 saturated heterocycles. The van der Waals surface area contributed by atoms with E-state index in [1.165, 1.54) is 13.8 Å². The van der Waals surface area contributed by atoms with E-state index in [0.717, 1.165) is 39.7 Å². The lowest BCUT2D eigenvalue weighted by molar-refractivity contribution is 0.0982. The number of benzene rings is 3. The third-order valence-corrected chi connectivity index (χ3v) is 5.76. The van der Waals surface area contributed by atoms with Crippen LogP contribution in [0.2, 0.25) is 0 Å². The van der Waals surface area contributed by atoms with Gasteiger partial charge in [0, 0.05) is 34.0 Å². The van der Waals surface area contributed by atoms with Gasteiger partial charge in [0.1, 0.15) is 5.75 Å². The van der Waals surface area contributed by atoms with Crippen molar-refractivity contribution in [3.63, 3.8) is 0 Å². The molecule has 0 spiro atoms. The van der Waals surface area contributed by atoms with E-state index in [2.05, 4.69) is 33.8 Å². The molecule has 0 aliphatic rings. The van der Waals surface area contributed by atoms with Gasteiger partial charge >= 0.3 is 6.01 Å². The molecule has 8 heteroatoms. The number of aromatic nitrogens is 3. The summed E-state index contributed by atoms with van der Waals surface area (Å²) in [4.78, 5) is 24.0. The summed E-state index contributed by atoms with van der Waals surface area (Å²) >= 11 is 0. The Morgan fingerprint density at radius 1 is 0.943 bits per heavy atom. The van der Waals surface area contributed by atoms with Crippen LogP contribution in [0, 0.1) is 0 Å². The maximum atomic E-state index is 12.2. The number of carbonyl (C=O) groups excluding carboxylic acids is 2. The van der Waals surface area contributed by atoms with E-state index in [1.807, 2.05) is 42.5 Å². The second-order valence-corrected chi connectivity index (χ2v) is 7.93. The molecule has 0 aliphatic heterocycles. The molecular formula is C27H26N4O4. The van der Waals surface area contributed by atoms with Crippen molar-refractivity contribution in [3.05, 3.63) is 71.8 Å². The van der Waals surface area contributed by atoms with Crippen molar-refractivity contribution in [1.29, 1.82) is 0 Å². The number of rotatable bonds is 5. The van der Waals surface area contributed by atoms with Crippen molar-refractivity contribution in [2.24, 2.45) is 0 Å². The number of nitrogens with zero attached hydrogens (tertiary/aromatic N) is 3. The Bertz CT molecular complexity index is 1530. The van der Waals surface area contributed by atoms with Crippen LogP contribution in [0.25, 0.3) is 33.3 Å². The molecule has 35 heavy (non-hydrogen) atoms. The highest BCUT2D eigenvalue weighted by atomic mass is 16.5. The highest BCUT2D eigenvalue weighted by molar-refractivity contribution is 6.20. The molecule has 0 unspecified atom stereocenters. The van der Waals surface area contributed by atoms with Crippen LogP contribution in [0.1, 0.15) is 41.5 Å². The third-order valence-electron chi connectivity index (χ3n) is 5.76. The number of aryl methyl sites for hydroxylation is 1. The predicted molar refractivity (Wildman–Crippen MR) is 136 cm³/mol. The molecule has 5 aromatic rings. The minimum Gasteiger partial charge on any atom is -0.497 e. The van der Waals surface area contributed by atoms with E-state index in [-0.39, 0.29) is 17.6 Å². The fraction of sp³-hybridized carbons (Fsp3) is 0.185. The Kier molecular flexibility index (Phi) is 6.64. The Labute approximate surface area is 202 Å². The zero-order valence-electron chi connectivity index (χ0n) is 20.0. The zero-order valence-corrected chi connectivity index (χ0v) is 20.0. The SMILES string of the molecule is CCn1c2ccccc2c2ccc(C(C)=O)c(C(C)=O)c21.COc1ccc(-c2nnc(N)o2)cc1. The minimum absolute atomic E-state index is 0.0656. The molecule has 0 radical (unpaired) electrons. The Hall–Kier alpha value is -4.46. The molecule has 3 aromatic carbocycles. The molecule has 2 heterocycles. The minimum atomic E-state index is -0.0741. The number of anilines is 1. The normalized spacial score (nSPS) is 10.7. The van der Waals surface area contributed by atoms with Crippen LogP contribution in [0.3, 0.4) is 0 Å². The number of ketones is 2. The average Bonchev–Trinajstić information content (AvgIpc) is 3.44. The predicted octanol–water partition coefficient (Wildman–Crippen LogP) is 5.55. The number of fused-ring (bicyclic) bond motifs is 3. The summed E-state index contributed by atoms with van der Waals surface area (Å²) in [5.41, 5.74) is 9.14. The van der Waals surface area contributed by atoms with E-state index in [1.54, 1.807) is 13.2 Å². The van der Waals surface area contributed by atoms with E-state index in [4.69, 9.17) is 14.9 Å². The maximum Gasteiger partial charge on any atom is 0.313 e. The monoisotopic (exact) mass is 470 g/mol. The van der Waals surface area contributed by atoms with Crippen LogP contribution in [-0.2, 0) is 6.54 Å². The molecule has 5 rings (SSSR count). The lowest BCUT2D eigenvalue weighted by Gasteiger charge is -2.10. The lowest BCUT2D eigenvalue weighted by Crippen LogP contribution is -2.07. The number of ether oxygens (including phenoxy) is 1. The summed E-state index contributed by atoms with van der Waals surface area (Å²) in [7, 11) is 1.61. The second kappa shape index (κ2) is 9.80. The molecule has 2 aromatic heterocycles. The first-order chi connectivity index (χ1) is 16.8. The van der Waals surface area contributed by atoms with Gasteiger partial charge in [-0.15, -0.1) is 5.10 Å². The van der Waals surface area contributed by atoms with Crippen LogP contribution in [0.4, 0.5) is 6.01 Å². The van der Waals surface area contributed by atoms with Gasteiger partial charge in [-0.05, 0) is 57.2 Å². The molecule has 0 amide bonds. The van der Waals surface area contributed by atoms with Crippen LogP contribution in [-0.4, -0.2) is 33.4 Å². The van der Waals surface area contributed by atoms with Crippen molar-refractivity contribution in [1.82, 2.24) is 14.8 Å². The molecule has 0 atom stereocenters. The van der Waals surface area contributed by atoms with E-state index in [9.17, 15) is 9.59 Å². The van der Waals surface area contributed by atoms with Crippen molar-refractivity contribution >= 4 is 39.4 Å². The number of hydrogen-bond acceptors (Lipinski definition) is 7. The van der Waals surface area contributed by atoms with E-state index < -0.39 is 0 Å². The van der Waals surface area contributed by atoms with Crippen molar-refractivity contribution in [3.8, 4) is 17.2 Å². The summed E-state index contributed by atoms with van der Waals surface area (Å²) in [6.45, 7) is 5.84. The number of methoxy groups -OCH3 is 1. The van der Waals surface area contributed by atoms with Crippen LogP contribution < -0.4 is 10.5 Å². The van der Waals surface area contributed by atoms with Gasteiger partial charge in [-0.3, -0.25) is 9.59 Å². The van der Waals surface area contributed by atoms with Crippen molar-refractivity contribution < 1.29 is 18.7 Å². The van der Waals surface area contributed by atoms with E-state index in [0.29, 0.717) is 17.0 Å². The van der Waals surface area contributed by atoms with Gasteiger partial charge in [-0.25, -0.2) is 0 Å². The third kappa shape index (κ3) is 4.50. The number of nitrogens with two attached hydrogens (primary N) is 1. The first-order valence-corrected chi connectivity index (χ1v) is 11.1. The quantitative estimate of drug-likeness (QED) is 0.335. The van der Waals surface area contributed by atoms with Gasteiger partial charge < -0.3 is 19.5 Å². The number of nitrogen functional groups attached to an aromatic ring is 1. The molecule has 8 nitrogen and oxygen atoms in total. The molecule has 178 valence electrons. The second-order valence-electron chi connectivity index (χ2n) is 7.93. The molecule has 2 N–H and O–H groups in total. The van der Waals surface area contributed by atoms with Gasteiger partial charge in [-0.1, -0.05) is 29.4 Å². The summed E-state index contributed by atoms with van der Waals surface area (Å²) < 4.78 is 12.2. The summed E-state index contributed by atoms with van der Waals surface area (Å²) in [5.74, 6) is 1.05. The van der Waals surface area contributed by atoms with Crippen LogP contribution in [0.15, 0.2) is 65.1 Å². The van der Waals surface area contributed by atoms with Crippen LogP contribution >= 0.6 is 0 Å². The zero-order chi connectivity index (χ0) is 25.1. The highest BCUT2D eigenvalue weighted by Gasteiger charge is 2.20. The van der Waals surface area contributed by atoms with Gasteiger partial charge in [0.25, 0.3) is 0 Å². The van der Waals surface area contributed by atoms with Crippen molar-refractivity contribution in [2.45, 2.75) is 27.3 Å². The van der Waals surface area contributed by atoms with Gasteiger partial charge in [0.05, 0.1) is 18.2 Å². The number of Topliss-reactive ketones (excluding diaryl/α,β-unsaturated/α-hetero) is 2. The maximum absolute atomic E-state index is 12.2. The Morgan fingerprint density at radius 3 is 2.23 bits per heavy atom. The molecular weight excluding hydrogens is 444 g/mol. The fourth-order valence-electron chi connectivity index (χ4n) is 4.21. The molecule has 0 saturated carbocycles. The first-order valence-electron chi connectivity index (χ1n) is 11.1. The molecule has 0 aliphatic carbocycles. The molecule has 0 bridgehead atoms. The smallest absolute Gasteiger partial charge is 0.313 e. The number of hydrogen-bond donors (Lipinski definition) is 1. The summed E-state index contributed by atoms with van der Waals surface area (Å²) in [6.07, 6.45) is 0. The first kappa shape index (κ1) is 23.7. The average molecular weight is 471 g/mol. The van der Waals surface area contributed by atoms with Crippen molar-refractivity contribution in [2.75, 3.05) is 12.8 Å². The largest absolute Gasteiger partial charge is 0.497 e. The Balaban J connectivity index is 0.000000179.